The van der Waals surface area contributed by atoms with Crippen LogP contribution in [0.5, 0.6) is 0 Å². The first kappa shape index (κ1) is 13.4. The number of benzene rings is 1. The van der Waals surface area contributed by atoms with Gasteiger partial charge in [-0.15, -0.1) is 0 Å². The highest BCUT2D eigenvalue weighted by molar-refractivity contribution is 7.92. The molecule has 0 aliphatic carbocycles. The number of furan rings is 1. The fraction of sp³-hybridized carbons (Fsp3) is 0. The predicted molar refractivity (Wildman–Crippen MR) is 71.4 cm³/mol. The van der Waals surface area contributed by atoms with Crippen LogP contribution in [0.25, 0.3) is 11.5 Å². The third kappa shape index (κ3) is 2.79. The van der Waals surface area contributed by atoms with Crippen LogP contribution in [0, 0.1) is 5.82 Å². The number of aromatic nitrogens is 1. The van der Waals surface area contributed by atoms with E-state index in [9.17, 15) is 12.8 Å². The lowest BCUT2D eigenvalue weighted by Gasteiger charge is -2.03. The van der Waals surface area contributed by atoms with Gasteiger partial charge in [0.1, 0.15) is 5.82 Å². The van der Waals surface area contributed by atoms with E-state index in [0.29, 0.717) is 11.5 Å². The van der Waals surface area contributed by atoms with Crippen LogP contribution >= 0.6 is 0 Å². The normalized spacial score (nSPS) is 11.5. The van der Waals surface area contributed by atoms with Crippen LogP contribution in [-0.4, -0.2) is 13.6 Å². The molecule has 0 bridgehead atoms. The van der Waals surface area contributed by atoms with Crippen molar-refractivity contribution in [1.29, 1.82) is 0 Å². The van der Waals surface area contributed by atoms with Gasteiger partial charge in [-0.3, -0.25) is 0 Å². The zero-order valence-electron chi connectivity index (χ0n) is 10.5. The lowest BCUT2D eigenvalue weighted by atomic mass is 10.3. The SMILES string of the molecule is O=S(=O)(Nc1cc(-c2ccco2)no1)c1ccc(F)cc1. The second kappa shape index (κ2) is 5.06. The minimum Gasteiger partial charge on any atom is -0.463 e. The number of anilines is 1. The lowest BCUT2D eigenvalue weighted by Crippen LogP contribution is -2.12. The van der Waals surface area contributed by atoms with Crippen molar-refractivity contribution in [3.63, 3.8) is 0 Å². The van der Waals surface area contributed by atoms with Gasteiger partial charge in [-0.25, -0.2) is 17.5 Å². The maximum atomic E-state index is 12.8. The molecule has 1 N–H and O–H groups in total. The van der Waals surface area contributed by atoms with Gasteiger partial charge in [0, 0.05) is 6.07 Å². The largest absolute Gasteiger partial charge is 0.463 e. The second-order valence-electron chi connectivity index (χ2n) is 4.11. The van der Waals surface area contributed by atoms with Crippen LogP contribution in [0.15, 0.2) is 62.6 Å². The van der Waals surface area contributed by atoms with Gasteiger partial charge in [-0.2, -0.15) is 0 Å². The molecule has 2 heterocycles. The van der Waals surface area contributed by atoms with Crippen LogP contribution in [-0.2, 0) is 10.0 Å². The number of nitrogens with zero attached hydrogens (tertiary/aromatic N) is 1. The average Bonchev–Trinajstić information content (AvgIpc) is 3.09. The summed E-state index contributed by atoms with van der Waals surface area (Å²) in [7, 11) is -3.87. The third-order valence-corrected chi connectivity index (χ3v) is 4.01. The molecule has 0 amide bonds. The molecule has 0 unspecified atom stereocenters. The van der Waals surface area contributed by atoms with Gasteiger partial charge in [-0.05, 0) is 36.4 Å². The zero-order valence-corrected chi connectivity index (χ0v) is 11.3. The maximum Gasteiger partial charge on any atom is 0.264 e. The highest BCUT2D eigenvalue weighted by Crippen LogP contribution is 2.23. The zero-order chi connectivity index (χ0) is 14.9. The Hall–Kier alpha value is -2.61. The van der Waals surface area contributed by atoms with Crippen LogP contribution in [0.3, 0.4) is 0 Å². The molecule has 108 valence electrons. The summed E-state index contributed by atoms with van der Waals surface area (Å²) < 4.78 is 49.2. The van der Waals surface area contributed by atoms with Gasteiger partial charge in [0.2, 0.25) is 5.88 Å². The summed E-state index contributed by atoms with van der Waals surface area (Å²) in [6, 6.07) is 9.15. The first-order valence-corrected chi connectivity index (χ1v) is 7.32. The van der Waals surface area contributed by atoms with Crippen molar-refractivity contribution in [3.05, 3.63) is 54.5 Å². The standard InChI is InChI=1S/C13H9FN2O4S/c14-9-3-5-10(6-4-9)21(17,18)16-13-8-11(15-20-13)12-2-1-7-19-12/h1-8,16H. The molecule has 0 fully saturated rings. The summed E-state index contributed by atoms with van der Waals surface area (Å²) in [5, 5.41) is 3.69. The molecule has 0 aliphatic heterocycles. The van der Waals surface area contributed by atoms with Crippen molar-refractivity contribution in [3.8, 4) is 11.5 Å². The Morgan fingerprint density at radius 2 is 1.90 bits per heavy atom. The van der Waals surface area contributed by atoms with Crippen LogP contribution in [0.4, 0.5) is 10.3 Å². The van der Waals surface area contributed by atoms with E-state index in [-0.39, 0.29) is 10.8 Å². The van der Waals surface area contributed by atoms with E-state index in [0.717, 1.165) is 24.3 Å². The minimum absolute atomic E-state index is 0.0641. The smallest absolute Gasteiger partial charge is 0.264 e. The van der Waals surface area contributed by atoms with Crippen molar-refractivity contribution in [2.24, 2.45) is 0 Å². The molecule has 0 spiro atoms. The molecule has 21 heavy (non-hydrogen) atoms. The number of sulfonamides is 1. The summed E-state index contributed by atoms with van der Waals surface area (Å²) in [6.45, 7) is 0. The Kier molecular flexibility index (Phi) is 3.22. The van der Waals surface area contributed by atoms with Crippen LogP contribution in [0.2, 0.25) is 0 Å². The van der Waals surface area contributed by atoms with Crippen molar-refractivity contribution < 1.29 is 21.7 Å². The molecule has 0 radical (unpaired) electrons. The number of hydrogen-bond donors (Lipinski definition) is 1. The van der Waals surface area contributed by atoms with Crippen LogP contribution in [0.1, 0.15) is 0 Å². The van der Waals surface area contributed by atoms with Crippen molar-refractivity contribution in [1.82, 2.24) is 5.16 Å². The Balaban J connectivity index is 1.84. The monoisotopic (exact) mass is 308 g/mol. The summed E-state index contributed by atoms with van der Waals surface area (Å²) in [4.78, 5) is -0.0835. The number of rotatable bonds is 4. The van der Waals surface area contributed by atoms with Crippen molar-refractivity contribution in [2.75, 3.05) is 4.72 Å². The Morgan fingerprint density at radius 3 is 2.57 bits per heavy atom. The molecule has 3 aromatic rings. The first-order valence-electron chi connectivity index (χ1n) is 5.83. The van der Waals surface area contributed by atoms with Crippen LogP contribution < -0.4 is 4.72 Å². The fourth-order valence-corrected chi connectivity index (χ4v) is 2.64. The van der Waals surface area contributed by atoms with E-state index < -0.39 is 15.8 Å². The fourth-order valence-electron chi connectivity index (χ4n) is 1.67. The van der Waals surface area contributed by atoms with E-state index in [1.807, 2.05) is 0 Å². The Labute approximate surface area is 119 Å². The first-order chi connectivity index (χ1) is 10.0. The minimum atomic E-state index is -3.87. The number of hydrogen-bond acceptors (Lipinski definition) is 5. The average molecular weight is 308 g/mol. The third-order valence-electron chi connectivity index (χ3n) is 2.64. The summed E-state index contributed by atoms with van der Waals surface area (Å²) >= 11 is 0. The van der Waals surface area contributed by atoms with E-state index in [1.54, 1.807) is 12.1 Å². The molecule has 8 heteroatoms. The second-order valence-corrected chi connectivity index (χ2v) is 5.80. The van der Waals surface area contributed by atoms with Gasteiger partial charge in [0.05, 0.1) is 11.2 Å². The molecule has 0 saturated carbocycles. The molecular weight excluding hydrogens is 299 g/mol. The van der Waals surface area contributed by atoms with E-state index in [2.05, 4.69) is 9.88 Å². The van der Waals surface area contributed by atoms with E-state index in [4.69, 9.17) is 8.94 Å². The molecule has 2 aromatic heterocycles. The summed E-state index contributed by atoms with van der Waals surface area (Å²) in [6.07, 6.45) is 1.46. The van der Waals surface area contributed by atoms with E-state index >= 15 is 0 Å². The maximum absolute atomic E-state index is 12.8. The molecule has 3 rings (SSSR count). The molecule has 0 aliphatic rings. The summed E-state index contributed by atoms with van der Waals surface area (Å²) in [5.74, 6) is -0.134. The van der Waals surface area contributed by atoms with Gasteiger partial charge in [-0.1, -0.05) is 5.16 Å². The Morgan fingerprint density at radius 1 is 1.14 bits per heavy atom. The number of halogens is 1. The molecular formula is C13H9FN2O4S. The molecule has 6 nitrogen and oxygen atoms in total. The van der Waals surface area contributed by atoms with Crippen molar-refractivity contribution >= 4 is 15.9 Å². The lowest BCUT2D eigenvalue weighted by molar-refractivity contribution is 0.435. The highest BCUT2D eigenvalue weighted by atomic mass is 32.2. The van der Waals surface area contributed by atoms with Gasteiger partial charge in [0.25, 0.3) is 10.0 Å². The number of nitrogens with one attached hydrogen (secondary N) is 1. The Bertz CT molecular complexity index is 839. The predicted octanol–water partition coefficient (Wildman–Crippen LogP) is 2.87. The summed E-state index contributed by atoms with van der Waals surface area (Å²) in [5.41, 5.74) is 0.358. The highest BCUT2D eigenvalue weighted by Gasteiger charge is 2.18. The quantitative estimate of drug-likeness (QED) is 0.801. The molecule has 0 saturated heterocycles. The van der Waals surface area contributed by atoms with E-state index in [1.165, 1.54) is 12.3 Å². The van der Waals surface area contributed by atoms with Gasteiger partial charge < -0.3 is 8.94 Å². The van der Waals surface area contributed by atoms with Crippen molar-refractivity contribution in [2.45, 2.75) is 4.90 Å². The van der Waals surface area contributed by atoms with Gasteiger partial charge >= 0.3 is 0 Å². The molecule has 1 aromatic carbocycles. The molecule has 0 atom stereocenters. The topological polar surface area (TPSA) is 85.3 Å². The van der Waals surface area contributed by atoms with Gasteiger partial charge in [0.15, 0.2) is 11.5 Å².